The lowest BCUT2D eigenvalue weighted by Crippen LogP contribution is -2.40. The second-order valence-electron chi connectivity index (χ2n) is 5.36. The highest BCUT2D eigenvalue weighted by atomic mass is 16.4. The lowest BCUT2D eigenvalue weighted by atomic mass is 9.94. The number of carboxylic acid groups (broad SMARTS) is 1. The normalized spacial score (nSPS) is 18.9. The summed E-state index contributed by atoms with van der Waals surface area (Å²) in [6, 6.07) is 4.68. The zero-order valence-corrected chi connectivity index (χ0v) is 11.5. The van der Waals surface area contributed by atoms with Crippen LogP contribution in [0.15, 0.2) is 18.2 Å². The molecule has 1 aromatic rings. The van der Waals surface area contributed by atoms with Crippen LogP contribution in [0.2, 0.25) is 0 Å². The third kappa shape index (κ3) is 3.29. The van der Waals surface area contributed by atoms with E-state index in [2.05, 4.69) is 0 Å². The van der Waals surface area contributed by atoms with Crippen LogP contribution in [0.1, 0.15) is 35.2 Å². The summed E-state index contributed by atoms with van der Waals surface area (Å²) in [5, 5.41) is 18.2. The molecule has 1 amide bonds. The first-order valence-corrected chi connectivity index (χ1v) is 6.78. The highest BCUT2D eigenvalue weighted by Crippen LogP contribution is 2.23. The van der Waals surface area contributed by atoms with Gasteiger partial charge in [0.2, 0.25) is 0 Å². The third-order valence-electron chi connectivity index (χ3n) is 3.71. The van der Waals surface area contributed by atoms with Crippen LogP contribution in [0.3, 0.4) is 0 Å². The van der Waals surface area contributed by atoms with Crippen LogP contribution < -0.4 is 0 Å². The van der Waals surface area contributed by atoms with Gasteiger partial charge in [0, 0.05) is 25.1 Å². The molecular formula is C15H19NO4. The van der Waals surface area contributed by atoms with Crippen LogP contribution in [0.5, 0.6) is 5.75 Å². The number of carbonyl (C=O) groups excluding carboxylic acids is 1. The second-order valence-corrected chi connectivity index (χ2v) is 5.36. The average molecular weight is 277 g/mol. The minimum absolute atomic E-state index is 0.0302. The first-order chi connectivity index (χ1) is 9.47. The molecule has 2 rings (SSSR count). The standard InChI is InChI=1S/C15H19NO4/c1-10-7-12(17)4-5-13(10)15(20)16-6-2-3-11(9-16)8-14(18)19/h4-5,7,11,17H,2-3,6,8-9H2,1H3,(H,18,19). The van der Waals surface area contributed by atoms with Crippen LogP contribution in [-0.2, 0) is 4.79 Å². The molecule has 1 aromatic carbocycles. The Bertz CT molecular complexity index is 527. The number of amides is 1. The summed E-state index contributed by atoms with van der Waals surface area (Å²) in [5.41, 5.74) is 1.30. The highest BCUT2D eigenvalue weighted by Gasteiger charge is 2.26. The molecule has 0 saturated carbocycles. The predicted molar refractivity (Wildman–Crippen MR) is 73.7 cm³/mol. The number of benzene rings is 1. The number of phenols is 1. The van der Waals surface area contributed by atoms with E-state index >= 15 is 0 Å². The number of aryl methyl sites for hydroxylation is 1. The molecule has 0 aliphatic carbocycles. The Morgan fingerprint density at radius 2 is 2.15 bits per heavy atom. The Balaban J connectivity index is 2.10. The van der Waals surface area contributed by atoms with Crippen molar-refractivity contribution in [2.45, 2.75) is 26.2 Å². The Labute approximate surface area is 117 Å². The van der Waals surface area contributed by atoms with Crippen molar-refractivity contribution in [3.8, 4) is 5.75 Å². The van der Waals surface area contributed by atoms with Gasteiger partial charge < -0.3 is 15.1 Å². The summed E-state index contributed by atoms with van der Waals surface area (Å²) >= 11 is 0. The van der Waals surface area contributed by atoms with Gasteiger partial charge >= 0.3 is 5.97 Å². The molecule has 108 valence electrons. The van der Waals surface area contributed by atoms with Gasteiger partial charge in [-0.25, -0.2) is 0 Å². The summed E-state index contributed by atoms with van der Waals surface area (Å²) in [7, 11) is 0. The average Bonchev–Trinajstić information content (AvgIpc) is 2.37. The van der Waals surface area contributed by atoms with Crippen molar-refractivity contribution in [2.75, 3.05) is 13.1 Å². The monoisotopic (exact) mass is 277 g/mol. The van der Waals surface area contributed by atoms with E-state index in [0.29, 0.717) is 18.7 Å². The Morgan fingerprint density at radius 1 is 1.40 bits per heavy atom. The van der Waals surface area contributed by atoms with Gasteiger partial charge in [-0.2, -0.15) is 0 Å². The van der Waals surface area contributed by atoms with Gasteiger partial charge in [-0.3, -0.25) is 9.59 Å². The molecule has 1 aliphatic rings. The summed E-state index contributed by atoms with van der Waals surface area (Å²) in [5.74, 6) is -0.730. The minimum Gasteiger partial charge on any atom is -0.508 e. The summed E-state index contributed by atoms with van der Waals surface area (Å²) in [4.78, 5) is 25.0. The lowest BCUT2D eigenvalue weighted by Gasteiger charge is -2.32. The second kappa shape index (κ2) is 5.94. The Hall–Kier alpha value is -2.04. The Morgan fingerprint density at radius 3 is 2.80 bits per heavy atom. The molecule has 1 heterocycles. The van der Waals surface area contributed by atoms with Gasteiger partial charge in [0.1, 0.15) is 5.75 Å². The van der Waals surface area contributed by atoms with Crippen molar-refractivity contribution in [2.24, 2.45) is 5.92 Å². The fourth-order valence-corrected chi connectivity index (χ4v) is 2.72. The molecule has 1 saturated heterocycles. The van der Waals surface area contributed by atoms with Crippen LogP contribution in [-0.4, -0.2) is 40.1 Å². The number of likely N-dealkylation sites (tertiary alicyclic amines) is 1. The van der Waals surface area contributed by atoms with Crippen LogP contribution in [0, 0.1) is 12.8 Å². The van der Waals surface area contributed by atoms with Gasteiger partial charge in [-0.1, -0.05) is 0 Å². The third-order valence-corrected chi connectivity index (χ3v) is 3.71. The maximum atomic E-state index is 12.5. The number of rotatable bonds is 3. The number of piperidine rings is 1. The fourth-order valence-electron chi connectivity index (χ4n) is 2.72. The first-order valence-electron chi connectivity index (χ1n) is 6.78. The van der Waals surface area contributed by atoms with Crippen molar-refractivity contribution >= 4 is 11.9 Å². The quantitative estimate of drug-likeness (QED) is 0.886. The van der Waals surface area contributed by atoms with Crippen molar-refractivity contribution < 1.29 is 19.8 Å². The largest absolute Gasteiger partial charge is 0.508 e. The number of aromatic hydroxyl groups is 1. The van der Waals surface area contributed by atoms with Crippen LogP contribution in [0.4, 0.5) is 0 Å². The number of hydrogen-bond acceptors (Lipinski definition) is 3. The van der Waals surface area contributed by atoms with E-state index in [-0.39, 0.29) is 24.0 Å². The zero-order valence-electron chi connectivity index (χ0n) is 11.5. The van der Waals surface area contributed by atoms with Gasteiger partial charge in [0.25, 0.3) is 5.91 Å². The number of hydrogen-bond donors (Lipinski definition) is 2. The number of aliphatic carboxylic acids is 1. The number of nitrogens with zero attached hydrogens (tertiary/aromatic N) is 1. The van der Waals surface area contributed by atoms with Crippen molar-refractivity contribution in [3.05, 3.63) is 29.3 Å². The molecule has 0 radical (unpaired) electrons. The zero-order chi connectivity index (χ0) is 14.7. The SMILES string of the molecule is Cc1cc(O)ccc1C(=O)N1CCCC(CC(=O)O)C1. The van der Waals surface area contributed by atoms with E-state index < -0.39 is 5.97 Å². The van der Waals surface area contributed by atoms with Crippen molar-refractivity contribution in [3.63, 3.8) is 0 Å². The van der Waals surface area contributed by atoms with Crippen LogP contribution in [0.25, 0.3) is 0 Å². The summed E-state index contributed by atoms with van der Waals surface area (Å²) in [6.45, 7) is 2.94. The highest BCUT2D eigenvalue weighted by molar-refractivity contribution is 5.95. The molecular weight excluding hydrogens is 258 g/mol. The van der Waals surface area contributed by atoms with Gasteiger partial charge in [0.05, 0.1) is 0 Å². The number of phenolic OH excluding ortho intramolecular Hbond substituents is 1. The van der Waals surface area contributed by atoms with E-state index in [9.17, 15) is 14.7 Å². The minimum atomic E-state index is -0.815. The molecule has 1 unspecified atom stereocenters. The molecule has 0 bridgehead atoms. The molecule has 1 fully saturated rings. The maximum Gasteiger partial charge on any atom is 0.303 e. The smallest absolute Gasteiger partial charge is 0.303 e. The van der Waals surface area contributed by atoms with E-state index in [4.69, 9.17) is 5.11 Å². The first kappa shape index (κ1) is 14.4. The topological polar surface area (TPSA) is 77.8 Å². The molecule has 5 heteroatoms. The molecule has 0 aromatic heterocycles. The molecule has 1 atom stereocenters. The van der Waals surface area contributed by atoms with Crippen molar-refractivity contribution in [1.82, 2.24) is 4.90 Å². The van der Waals surface area contributed by atoms with Gasteiger partial charge in [-0.15, -0.1) is 0 Å². The molecule has 20 heavy (non-hydrogen) atoms. The van der Waals surface area contributed by atoms with Gasteiger partial charge in [0.15, 0.2) is 0 Å². The van der Waals surface area contributed by atoms with E-state index in [1.54, 1.807) is 24.0 Å². The summed E-state index contributed by atoms with van der Waals surface area (Å²) in [6.07, 6.45) is 1.80. The molecule has 0 spiro atoms. The van der Waals surface area contributed by atoms with E-state index in [1.165, 1.54) is 6.07 Å². The molecule has 5 nitrogen and oxygen atoms in total. The number of carbonyl (C=O) groups is 2. The predicted octanol–water partition coefficient (Wildman–Crippen LogP) is 2.03. The van der Waals surface area contributed by atoms with E-state index in [0.717, 1.165) is 18.4 Å². The van der Waals surface area contributed by atoms with Crippen molar-refractivity contribution in [1.29, 1.82) is 0 Å². The summed E-state index contributed by atoms with van der Waals surface area (Å²) < 4.78 is 0. The van der Waals surface area contributed by atoms with Crippen LogP contribution >= 0.6 is 0 Å². The fraction of sp³-hybridized carbons (Fsp3) is 0.467. The molecule has 1 aliphatic heterocycles. The maximum absolute atomic E-state index is 12.5. The molecule has 2 N–H and O–H groups in total. The lowest BCUT2D eigenvalue weighted by molar-refractivity contribution is -0.138. The van der Waals surface area contributed by atoms with E-state index in [1.807, 2.05) is 0 Å². The van der Waals surface area contributed by atoms with Gasteiger partial charge in [-0.05, 0) is 49.4 Å². The Kier molecular flexibility index (Phi) is 4.27. The number of carboxylic acids is 1.